The van der Waals surface area contributed by atoms with E-state index in [0.717, 1.165) is 10.6 Å². The van der Waals surface area contributed by atoms with Crippen LogP contribution in [0.1, 0.15) is 26.3 Å². The Hall–Kier alpha value is -2.18. The van der Waals surface area contributed by atoms with Gasteiger partial charge in [-0.3, -0.25) is 19.5 Å². The third-order valence-corrected chi connectivity index (χ3v) is 2.65. The zero-order valence-corrected chi connectivity index (χ0v) is 11.0. The lowest BCUT2D eigenvalue weighted by Crippen LogP contribution is -2.32. The number of methoxy groups -OCH3 is 1. The normalized spacial score (nSPS) is 12.2. The SMILES string of the molecule is COC(=O)C(CC(C)C)n1cccc([N+](=O)[O-])c1=O. The Bertz CT molecular complexity index is 535. The first-order chi connectivity index (χ1) is 8.88. The molecule has 7 nitrogen and oxygen atoms in total. The van der Waals surface area contributed by atoms with Crippen molar-refractivity contribution in [3.63, 3.8) is 0 Å². The lowest BCUT2D eigenvalue weighted by Gasteiger charge is -2.18. The van der Waals surface area contributed by atoms with E-state index in [-0.39, 0.29) is 5.92 Å². The van der Waals surface area contributed by atoms with E-state index < -0.39 is 28.2 Å². The van der Waals surface area contributed by atoms with Crippen LogP contribution in [0.15, 0.2) is 23.1 Å². The minimum atomic E-state index is -0.850. The van der Waals surface area contributed by atoms with E-state index in [2.05, 4.69) is 4.74 Å². The van der Waals surface area contributed by atoms with Crippen LogP contribution in [0.25, 0.3) is 0 Å². The Morgan fingerprint density at radius 1 is 1.53 bits per heavy atom. The summed E-state index contributed by atoms with van der Waals surface area (Å²) in [5.74, 6) is -0.452. The lowest BCUT2D eigenvalue weighted by atomic mass is 10.0. The maximum Gasteiger partial charge on any atom is 0.334 e. The van der Waals surface area contributed by atoms with Crippen LogP contribution in [-0.2, 0) is 9.53 Å². The topological polar surface area (TPSA) is 91.4 Å². The highest BCUT2D eigenvalue weighted by atomic mass is 16.6. The second-order valence-electron chi connectivity index (χ2n) is 4.53. The molecule has 7 heteroatoms. The quantitative estimate of drug-likeness (QED) is 0.458. The summed E-state index contributed by atoms with van der Waals surface area (Å²) in [5, 5.41) is 10.7. The second kappa shape index (κ2) is 6.12. The third kappa shape index (κ3) is 3.40. The van der Waals surface area contributed by atoms with Crippen molar-refractivity contribution in [3.8, 4) is 0 Å². The van der Waals surface area contributed by atoms with Crippen molar-refractivity contribution >= 4 is 11.7 Å². The summed E-state index contributed by atoms with van der Waals surface area (Å²) >= 11 is 0. The van der Waals surface area contributed by atoms with Gasteiger partial charge in [-0.1, -0.05) is 13.8 Å². The third-order valence-electron chi connectivity index (χ3n) is 2.65. The molecule has 0 aromatic carbocycles. The molecule has 0 bridgehead atoms. The second-order valence-corrected chi connectivity index (χ2v) is 4.53. The summed E-state index contributed by atoms with van der Waals surface area (Å²) in [7, 11) is 1.22. The molecule has 1 aromatic rings. The van der Waals surface area contributed by atoms with Gasteiger partial charge in [0.2, 0.25) is 0 Å². The molecule has 1 aromatic heterocycles. The molecule has 0 fully saturated rings. The van der Waals surface area contributed by atoms with Crippen LogP contribution < -0.4 is 5.56 Å². The molecule has 0 saturated heterocycles. The van der Waals surface area contributed by atoms with Gasteiger partial charge >= 0.3 is 17.2 Å². The van der Waals surface area contributed by atoms with E-state index in [4.69, 9.17) is 0 Å². The standard InChI is InChI=1S/C12H16N2O5/c1-8(2)7-10(12(16)19-3)13-6-4-5-9(11(13)15)14(17)18/h4-6,8,10H,7H2,1-3H3. The summed E-state index contributed by atoms with van der Waals surface area (Å²) in [5.41, 5.74) is -1.36. The van der Waals surface area contributed by atoms with Crippen LogP contribution in [0.5, 0.6) is 0 Å². The number of pyridine rings is 1. The van der Waals surface area contributed by atoms with Crippen molar-refractivity contribution in [1.82, 2.24) is 4.57 Å². The van der Waals surface area contributed by atoms with Gasteiger partial charge in [0.15, 0.2) is 0 Å². The number of nitro groups is 1. The summed E-state index contributed by atoms with van der Waals surface area (Å²) in [6.45, 7) is 3.77. The van der Waals surface area contributed by atoms with Crippen molar-refractivity contribution in [2.24, 2.45) is 5.92 Å². The maximum absolute atomic E-state index is 12.0. The van der Waals surface area contributed by atoms with Crippen LogP contribution in [0.4, 0.5) is 5.69 Å². The fourth-order valence-corrected chi connectivity index (χ4v) is 1.79. The van der Waals surface area contributed by atoms with E-state index in [0.29, 0.717) is 6.42 Å². The van der Waals surface area contributed by atoms with Gasteiger partial charge in [-0.05, 0) is 18.4 Å². The van der Waals surface area contributed by atoms with Crippen LogP contribution >= 0.6 is 0 Å². The molecule has 0 radical (unpaired) electrons. The molecule has 104 valence electrons. The predicted octanol–water partition coefficient (Wildman–Crippen LogP) is 1.52. The molecule has 0 spiro atoms. The van der Waals surface area contributed by atoms with E-state index >= 15 is 0 Å². The van der Waals surface area contributed by atoms with Gasteiger partial charge in [-0.15, -0.1) is 0 Å². The average molecular weight is 268 g/mol. The first-order valence-electron chi connectivity index (χ1n) is 5.81. The molecule has 0 aliphatic rings. The minimum Gasteiger partial charge on any atom is -0.467 e. The average Bonchev–Trinajstić information content (AvgIpc) is 2.35. The number of aromatic nitrogens is 1. The summed E-state index contributed by atoms with van der Waals surface area (Å²) < 4.78 is 5.71. The van der Waals surface area contributed by atoms with Crippen LogP contribution in [-0.4, -0.2) is 22.6 Å². The largest absolute Gasteiger partial charge is 0.467 e. The van der Waals surface area contributed by atoms with Crippen molar-refractivity contribution in [2.45, 2.75) is 26.3 Å². The molecule has 19 heavy (non-hydrogen) atoms. The molecule has 1 unspecified atom stereocenters. The number of hydrogen-bond acceptors (Lipinski definition) is 5. The number of carbonyl (C=O) groups is 1. The number of ether oxygens (including phenoxy) is 1. The maximum atomic E-state index is 12.0. The Balaban J connectivity index is 3.30. The van der Waals surface area contributed by atoms with Crippen molar-refractivity contribution in [1.29, 1.82) is 0 Å². The minimum absolute atomic E-state index is 0.135. The highest BCUT2D eigenvalue weighted by molar-refractivity contribution is 5.74. The van der Waals surface area contributed by atoms with Gasteiger partial charge in [0, 0.05) is 12.3 Å². The summed E-state index contributed by atoms with van der Waals surface area (Å²) in [6.07, 6.45) is 1.73. The zero-order valence-electron chi connectivity index (χ0n) is 11.0. The van der Waals surface area contributed by atoms with Crippen LogP contribution in [0.3, 0.4) is 0 Å². The molecule has 0 aliphatic heterocycles. The first-order valence-corrected chi connectivity index (χ1v) is 5.81. The molecule has 1 atom stereocenters. The monoisotopic (exact) mass is 268 g/mol. The number of carbonyl (C=O) groups excluding carboxylic acids is 1. The molecule has 0 saturated carbocycles. The van der Waals surface area contributed by atoms with E-state index in [1.165, 1.54) is 19.4 Å². The van der Waals surface area contributed by atoms with Crippen LogP contribution in [0.2, 0.25) is 0 Å². The number of rotatable bonds is 5. The smallest absolute Gasteiger partial charge is 0.334 e. The molecule has 0 aliphatic carbocycles. The van der Waals surface area contributed by atoms with Gasteiger partial charge in [0.05, 0.1) is 12.0 Å². The van der Waals surface area contributed by atoms with Gasteiger partial charge < -0.3 is 4.74 Å². The number of nitrogens with zero attached hydrogens (tertiary/aromatic N) is 2. The Kier molecular flexibility index (Phi) is 4.80. The van der Waals surface area contributed by atoms with Crippen molar-refractivity contribution < 1.29 is 14.5 Å². The van der Waals surface area contributed by atoms with E-state index in [1.54, 1.807) is 0 Å². The Labute approximate surface area is 110 Å². The molecule has 1 rings (SSSR count). The van der Waals surface area contributed by atoms with Crippen molar-refractivity contribution in [3.05, 3.63) is 38.8 Å². The van der Waals surface area contributed by atoms with Gasteiger partial charge in [-0.25, -0.2) is 4.79 Å². The Morgan fingerprint density at radius 2 is 2.16 bits per heavy atom. The molecular formula is C12H16N2O5. The lowest BCUT2D eigenvalue weighted by molar-refractivity contribution is -0.386. The highest BCUT2D eigenvalue weighted by Gasteiger charge is 2.26. The first kappa shape index (κ1) is 14.9. The molecule has 0 amide bonds. The number of esters is 1. The van der Waals surface area contributed by atoms with E-state index in [9.17, 15) is 19.7 Å². The van der Waals surface area contributed by atoms with Gasteiger partial charge in [-0.2, -0.15) is 0 Å². The van der Waals surface area contributed by atoms with Crippen molar-refractivity contribution in [2.75, 3.05) is 7.11 Å². The summed E-state index contributed by atoms with van der Waals surface area (Å²) in [6, 6.07) is 1.63. The molecule has 0 N–H and O–H groups in total. The van der Waals surface area contributed by atoms with Crippen LogP contribution in [0, 0.1) is 16.0 Å². The van der Waals surface area contributed by atoms with Gasteiger partial charge in [0.25, 0.3) is 0 Å². The fraction of sp³-hybridized carbons (Fsp3) is 0.500. The molecule has 1 heterocycles. The Morgan fingerprint density at radius 3 is 2.63 bits per heavy atom. The molecular weight excluding hydrogens is 252 g/mol. The van der Waals surface area contributed by atoms with E-state index in [1.807, 2.05) is 13.8 Å². The summed E-state index contributed by atoms with van der Waals surface area (Å²) in [4.78, 5) is 33.7. The zero-order chi connectivity index (χ0) is 14.6. The van der Waals surface area contributed by atoms with Gasteiger partial charge in [0.1, 0.15) is 6.04 Å². The predicted molar refractivity (Wildman–Crippen MR) is 67.9 cm³/mol. The highest BCUT2D eigenvalue weighted by Crippen LogP contribution is 2.18. The fourth-order valence-electron chi connectivity index (χ4n) is 1.79. The number of hydrogen-bond donors (Lipinski definition) is 0.